The third-order valence-corrected chi connectivity index (χ3v) is 5.23. The minimum Gasteiger partial charge on any atom is -0.461 e. The monoisotopic (exact) mass is 346 g/mol. The second kappa shape index (κ2) is 6.29. The molecule has 0 N–H and O–H groups in total. The Balaban J connectivity index is 1.31. The molecular weight excluding hydrogens is 324 g/mol. The molecule has 3 heterocycles. The van der Waals surface area contributed by atoms with Crippen LogP contribution in [0.1, 0.15) is 39.0 Å². The molecule has 2 aromatic rings. The van der Waals surface area contributed by atoms with Crippen LogP contribution >= 0.6 is 0 Å². The van der Waals surface area contributed by atoms with Gasteiger partial charge in [-0.2, -0.15) is 4.98 Å². The molecule has 1 saturated heterocycles. The molecule has 134 valence electrons. The number of nitrogens with zero attached hydrogens (tertiary/aromatic N) is 2. The van der Waals surface area contributed by atoms with Crippen molar-refractivity contribution in [1.29, 1.82) is 0 Å². The van der Waals surface area contributed by atoms with Crippen LogP contribution in [0.15, 0.2) is 27.3 Å². The summed E-state index contributed by atoms with van der Waals surface area (Å²) in [6.07, 6.45) is 4.32. The molecule has 2 aliphatic rings. The zero-order chi connectivity index (χ0) is 17.4. The van der Waals surface area contributed by atoms with Crippen LogP contribution in [-0.4, -0.2) is 34.9 Å². The maximum absolute atomic E-state index is 12.2. The zero-order valence-electron chi connectivity index (χ0n) is 14.4. The van der Waals surface area contributed by atoms with Crippen molar-refractivity contribution in [3.8, 4) is 11.6 Å². The van der Waals surface area contributed by atoms with Gasteiger partial charge in [0.1, 0.15) is 6.10 Å². The number of aryl methyl sites for hydroxylation is 1. The van der Waals surface area contributed by atoms with Crippen LogP contribution in [0.4, 0.5) is 0 Å². The first kappa shape index (κ1) is 16.3. The first-order chi connectivity index (χ1) is 12.1. The van der Waals surface area contributed by atoms with Crippen LogP contribution in [-0.2, 0) is 20.7 Å². The van der Waals surface area contributed by atoms with Crippen LogP contribution in [0.25, 0.3) is 11.6 Å². The number of ether oxygens (including phenoxy) is 2. The number of carbonyl (C=O) groups is 1. The summed E-state index contributed by atoms with van der Waals surface area (Å²) in [6.45, 7) is 5.01. The van der Waals surface area contributed by atoms with Gasteiger partial charge in [0.15, 0.2) is 5.76 Å². The molecule has 1 saturated carbocycles. The number of furan rings is 1. The first-order valence-corrected chi connectivity index (χ1v) is 8.73. The minimum absolute atomic E-state index is 0.0772. The summed E-state index contributed by atoms with van der Waals surface area (Å²) >= 11 is 0. The molecule has 2 fully saturated rings. The number of carbonyl (C=O) groups excluding carboxylic acids is 1. The van der Waals surface area contributed by atoms with Gasteiger partial charge < -0.3 is 18.4 Å². The van der Waals surface area contributed by atoms with Gasteiger partial charge in [0, 0.05) is 24.4 Å². The molecule has 3 atom stereocenters. The Hall–Kier alpha value is -2.15. The smallest absolute Gasteiger partial charge is 0.306 e. The Bertz CT molecular complexity index is 736. The topological polar surface area (TPSA) is 87.6 Å². The van der Waals surface area contributed by atoms with Crippen LogP contribution in [0.2, 0.25) is 0 Å². The largest absolute Gasteiger partial charge is 0.461 e. The predicted octanol–water partition coefficient (Wildman–Crippen LogP) is 3.01. The molecule has 4 rings (SSSR count). The molecule has 1 aliphatic carbocycles. The molecule has 0 amide bonds. The Morgan fingerprint density at radius 1 is 1.44 bits per heavy atom. The number of esters is 1. The molecular formula is C18H22N2O5. The van der Waals surface area contributed by atoms with Crippen molar-refractivity contribution in [2.75, 3.05) is 6.61 Å². The Kier molecular flexibility index (Phi) is 4.11. The van der Waals surface area contributed by atoms with Gasteiger partial charge >= 0.3 is 5.97 Å². The maximum atomic E-state index is 12.2. The summed E-state index contributed by atoms with van der Waals surface area (Å²) in [5.41, 5.74) is -0.127. The third-order valence-electron chi connectivity index (χ3n) is 5.23. The van der Waals surface area contributed by atoms with Gasteiger partial charge in [-0.3, -0.25) is 4.79 Å². The summed E-state index contributed by atoms with van der Waals surface area (Å²) in [4.78, 5) is 16.5. The molecule has 7 nitrogen and oxygen atoms in total. The van der Waals surface area contributed by atoms with Crippen molar-refractivity contribution in [2.45, 2.75) is 51.7 Å². The summed E-state index contributed by atoms with van der Waals surface area (Å²) in [7, 11) is 0. The van der Waals surface area contributed by atoms with E-state index in [0.717, 1.165) is 19.4 Å². The van der Waals surface area contributed by atoms with E-state index in [1.165, 1.54) is 0 Å². The molecule has 0 bridgehead atoms. The number of hydrogen-bond acceptors (Lipinski definition) is 7. The van der Waals surface area contributed by atoms with Crippen molar-refractivity contribution in [3.63, 3.8) is 0 Å². The van der Waals surface area contributed by atoms with E-state index >= 15 is 0 Å². The van der Waals surface area contributed by atoms with E-state index in [1.807, 2.05) is 0 Å². The average molecular weight is 346 g/mol. The summed E-state index contributed by atoms with van der Waals surface area (Å²) < 4.78 is 22.0. The molecule has 0 radical (unpaired) electrons. The van der Waals surface area contributed by atoms with E-state index < -0.39 is 0 Å². The number of fused-ring (bicyclic) bond motifs is 1. The lowest BCUT2D eigenvalue weighted by Gasteiger charge is -2.58. The molecule has 2 aromatic heterocycles. The molecule has 1 aliphatic heterocycles. The Labute approximate surface area is 145 Å². The zero-order valence-corrected chi connectivity index (χ0v) is 14.4. The Morgan fingerprint density at radius 2 is 2.32 bits per heavy atom. The van der Waals surface area contributed by atoms with E-state index in [0.29, 0.717) is 29.8 Å². The normalized spacial score (nSPS) is 27.4. The van der Waals surface area contributed by atoms with E-state index in [-0.39, 0.29) is 30.0 Å². The standard InChI is InChI=1S/C18H22N2O5/c1-18(2)15-11(5-3-10-23-15)16(18)24-14(21)8-7-13-19-17(20-25-13)12-6-4-9-22-12/h4,6,9,11,15-16H,3,5,7-8,10H2,1-2H3/t11-,15+,16+/m0/s1. The third kappa shape index (κ3) is 2.97. The molecule has 0 aromatic carbocycles. The van der Waals surface area contributed by atoms with Crippen LogP contribution in [0.3, 0.4) is 0 Å². The summed E-state index contributed by atoms with van der Waals surface area (Å²) in [5.74, 6) is 1.41. The van der Waals surface area contributed by atoms with Crippen LogP contribution in [0.5, 0.6) is 0 Å². The van der Waals surface area contributed by atoms with E-state index in [2.05, 4.69) is 24.0 Å². The van der Waals surface area contributed by atoms with Crippen molar-refractivity contribution in [1.82, 2.24) is 10.1 Å². The van der Waals surface area contributed by atoms with Gasteiger partial charge in [-0.1, -0.05) is 19.0 Å². The fourth-order valence-corrected chi connectivity index (χ4v) is 3.99. The SMILES string of the molecule is CC1(C)[C@@H]2OCCC[C@@H]2[C@H]1OC(=O)CCc1nc(-c2ccco2)no1. The summed E-state index contributed by atoms with van der Waals surface area (Å²) in [5, 5.41) is 3.85. The lowest BCUT2D eigenvalue weighted by Crippen LogP contribution is -2.65. The Morgan fingerprint density at radius 3 is 3.12 bits per heavy atom. The fraction of sp³-hybridized carbons (Fsp3) is 0.611. The van der Waals surface area contributed by atoms with Crippen molar-refractivity contribution in [2.24, 2.45) is 11.3 Å². The lowest BCUT2D eigenvalue weighted by atomic mass is 9.57. The van der Waals surface area contributed by atoms with Crippen molar-refractivity contribution < 1.29 is 23.2 Å². The lowest BCUT2D eigenvalue weighted by molar-refractivity contribution is -0.254. The number of hydrogen-bond donors (Lipinski definition) is 0. The van der Waals surface area contributed by atoms with Gasteiger partial charge in [0.2, 0.25) is 11.7 Å². The first-order valence-electron chi connectivity index (χ1n) is 8.73. The van der Waals surface area contributed by atoms with Crippen LogP contribution < -0.4 is 0 Å². The molecule has 0 spiro atoms. The maximum Gasteiger partial charge on any atom is 0.306 e. The summed E-state index contributed by atoms with van der Waals surface area (Å²) in [6, 6.07) is 3.51. The van der Waals surface area contributed by atoms with E-state index in [9.17, 15) is 4.79 Å². The fourth-order valence-electron chi connectivity index (χ4n) is 3.99. The highest BCUT2D eigenvalue weighted by molar-refractivity contribution is 5.70. The van der Waals surface area contributed by atoms with Gasteiger partial charge in [-0.15, -0.1) is 0 Å². The molecule has 25 heavy (non-hydrogen) atoms. The highest BCUT2D eigenvalue weighted by atomic mass is 16.6. The second-order valence-electron chi connectivity index (χ2n) is 7.32. The van der Waals surface area contributed by atoms with E-state index in [4.69, 9.17) is 18.4 Å². The molecule has 0 unspecified atom stereocenters. The van der Waals surface area contributed by atoms with Gasteiger partial charge in [0.25, 0.3) is 0 Å². The average Bonchev–Trinajstić information content (AvgIpc) is 3.29. The predicted molar refractivity (Wildman–Crippen MR) is 86.4 cm³/mol. The van der Waals surface area contributed by atoms with Gasteiger partial charge in [-0.25, -0.2) is 0 Å². The second-order valence-corrected chi connectivity index (χ2v) is 7.32. The quantitative estimate of drug-likeness (QED) is 0.769. The van der Waals surface area contributed by atoms with Gasteiger partial charge in [0.05, 0.1) is 18.8 Å². The molecule has 7 heteroatoms. The van der Waals surface area contributed by atoms with Crippen molar-refractivity contribution >= 4 is 5.97 Å². The van der Waals surface area contributed by atoms with Crippen LogP contribution in [0, 0.1) is 11.3 Å². The van der Waals surface area contributed by atoms with Crippen molar-refractivity contribution in [3.05, 3.63) is 24.3 Å². The number of aromatic nitrogens is 2. The highest BCUT2D eigenvalue weighted by Gasteiger charge is 2.60. The number of rotatable bonds is 5. The highest BCUT2D eigenvalue weighted by Crippen LogP contribution is 2.53. The van der Waals surface area contributed by atoms with E-state index in [1.54, 1.807) is 18.4 Å². The minimum atomic E-state index is -0.236. The van der Waals surface area contributed by atoms with Gasteiger partial charge in [-0.05, 0) is 25.0 Å².